The van der Waals surface area contributed by atoms with Gasteiger partial charge in [0.15, 0.2) is 0 Å². The van der Waals surface area contributed by atoms with Crippen LogP contribution >= 0.6 is 15.9 Å². The number of hydrogen-bond donors (Lipinski definition) is 1. The summed E-state index contributed by atoms with van der Waals surface area (Å²) in [5, 5.41) is 2.99. The van der Waals surface area contributed by atoms with E-state index in [4.69, 9.17) is 0 Å². The van der Waals surface area contributed by atoms with Gasteiger partial charge in [-0.15, -0.1) is 0 Å². The molecule has 0 radical (unpaired) electrons. The van der Waals surface area contributed by atoms with E-state index in [-0.39, 0.29) is 29.6 Å². The summed E-state index contributed by atoms with van der Waals surface area (Å²) in [6.45, 7) is 0.295. The molecule has 1 saturated carbocycles. The molecule has 28 heavy (non-hydrogen) atoms. The fraction of sp³-hybridized carbons (Fsp3) is 0.318. The minimum Gasteiger partial charge on any atom is -0.326 e. The smallest absolute Gasteiger partial charge is 0.261 e. The zero-order chi connectivity index (χ0) is 19.7. The van der Waals surface area contributed by atoms with E-state index < -0.39 is 0 Å². The van der Waals surface area contributed by atoms with Crippen LogP contribution in [-0.4, -0.2) is 29.2 Å². The van der Waals surface area contributed by atoms with Crippen LogP contribution in [0.1, 0.15) is 46.4 Å². The maximum Gasteiger partial charge on any atom is 0.261 e. The number of carbonyl (C=O) groups excluding carboxylic acids is 3. The van der Waals surface area contributed by atoms with Crippen molar-refractivity contribution in [2.45, 2.75) is 25.7 Å². The summed E-state index contributed by atoms with van der Waals surface area (Å²) in [6, 6.07) is 14.4. The average molecular weight is 441 g/mol. The van der Waals surface area contributed by atoms with Gasteiger partial charge in [-0.3, -0.25) is 19.3 Å². The fourth-order valence-corrected chi connectivity index (χ4v) is 4.61. The maximum absolute atomic E-state index is 12.9. The number of carbonyl (C=O) groups is 3. The van der Waals surface area contributed by atoms with Gasteiger partial charge in [0, 0.05) is 22.6 Å². The zero-order valence-electron chi connectivity index (χ0n) is 15.4. The molecule has 3 amide bonds. The van der Waals surface area contributed by atoms with Crippen molar-refractivity contribution in [3.05, 3.63) is 64.1 Å². The molecule has 144 valence electrons. The molecule has 0 bridgehead atoms. The standard InChI is InChI=1S/C22H21BrN2O3/c23-15-7-5-8-16(12-15)24-20(26)17-9-2-1-6-14(17)13-25-21(27)18-10-3-4-11-19(18)22(25)28/h3-5,7-8,10-12,14,17H,1-2,6,9,13H2,(H,24,26). The van der Waals surface area contributed by atoms with Gasteiger partial charge in [0.05, 0.1) is 11.1 Å². The first-order valence-corrected chi connectivity index (χ1v) is 10.4. The number of anilines is 1. The SMILES string of the molecule is O=C(Nc1cccc(Br)c1)C1CCCCC1CN1C(=O)c2ccccc2C1=O. The number of halogens is 1. The van der Waals surface area contributed by atoms with E-state index in [9.17, 15) is 14.4 Å². The van der Waals surface area contributed by atoms with E-state index in [1.165, 1.54) is 4.90 Å². The Kier molecular flexibility index (Phi) is 5.31. The molecule has 1 N–H and O–H groups in total. The van der Waals surface area contributed by atoms with Gasteiger partial charge in [0.2, 0.25) is 5.91 Å². The summed E-state index contributed by atoms with van der Waals surface area (Å²) in [7, 11) is 0. The molecular weight excluding hydrogens is 420 g/mol. The summed E-state index contributed by atoms with van der Waals surface area (Å²) >= 11 is 3.41. The van der Waals surface area contributed by atoms with Crippen LogP contribution in [0.5, 0.6) is 0 Å². The Morgan fingerprint density at radius 1 is 1.00 bits per heavy atom. The van der Waals surface area contributed by atoms with E-state index in [0.717, 1.165) is 35.8 Å². The van der Waals surface area contributed by atoms with Crippen molar-refractivity contribution in [2.75, 3.05) is 11.9 Å². The first kappa shape index (κ1) is 18.9. The fourth-order valence-electron chi connectivity index (χ4n) is 4.21. The van der Waals surface area contributed by atoms with Crippen LogP contribution in [0, 0.1) is 11.8 Å². The van der Waals surface area contributed by atoms with Crippen LogP contribution in [0.2, 0.25) is 0 Å². The highest BCUT2D eigenvalue weighted by molar-refractivity contribution is 9.10. The van der Waals surface area contributed by atoms with Crippen LogP contribution in [0.25, 0.3) is 0 Å². The molecule has 2 aliphatic rings. The topological polar surface area (TPSA) is 66.5 Å². The van der Waals surface area contributed by atoms with Crippen molar-refractivity contribution in [1.29, 1.82) is 0 Å². The molecule has 2 aromatic rings. The van der Waals surface area contributed by atoms with Gasteiger partial charge in [-0.2, -0.15) is 0 Å². The molecule has 6 heteroatoms. The summed E-state index contributed by atoms with van der Waals surface area (Å²) in [4.78, 5) is 39.6. The van der Waals surface area contributed by atoms with E-state index >= 15 is 0 Å². The third-order valence-electron chi connectivity index (χ3n) is 5.63. The molecule has 1 fully saturated rings. The third-order valence-corrected chi connectivity index (χ3v) is 6.13. The van der Waals surface area contributed by atoms with Gasteiger partial charge in [-0.05, 0) is 49.1 Å². The molecule has 0 aromatic heterocycles. The lowest BCUT2D eigenvalue weighted by molar-refractivity contribution is -0.122. The number of nitrogens with zero attached hydrogens (tertiary/aromatic N) is 1. The number of nitrogens with one attached hydrogen (secondary N) is 1. The Morgan fingerprint density at radius 3 is 2.36 bits per heavy atom. The number of amides is 3. The average Bonchev–Trinajstić information content (AvgIpc) is 2.94. The van der Waals surface area contributed by atoms with Crippen LogP contribution in [-0.2, 0) is 4.79 Å². The van der Waals surface area contributed by atoms with E-state index in [2.05, 4.69) is 21.2 Å². The minimum atomic E-state index is -0.252. The first-order valence-electron chi connectivity index (χ1n) is 9.56. The normalized spacial score (nSPS) is 21.5. The molecule has 2 aromatic carbocycles. The highest BCUT2D eigenvalue weighted by Gasteiger charge is 2.40. The molecule has 1 aliphatic heterocycles. The number of fused-ring (bicyclic) bond motifs is 1. The lowest BCUT2D eigenvalue weighted by atomic mass is 9.78. The van der Waals surface area contributed by atoms with Gasteiger partial charge in [-0.25, -0.2) is 0 Å². The second-order valence-corrected chi connectivity index (χ2v) is 8.33. The molecule has 1 heterocycles. The van der Waals surface area contributed by atoms with Crippen LogP contribution < -0.4 is 5.32 Å². The van der Waals surface area contributed by atoms with Crippen LogP contribution in [0.4, 0.5) is 5.69 Å². The summed E-state index contributed by atoms with van der Waals surface area (Å²) in [6.07, 6.45) is 3.60. The van der Waals surface area contributed by atoms with Crippen LogP contribution in [0.3, 0.4) is 0 Å². The number of imide groups is 1. The summed E-state index contributed by atoms with van der Waals surface area (Å²) in [5.74, 6) is -0.783. The van der Waals surface area contributed by atoms with Gasteiger partial charge < -0.3 is 5.32 Å². The van der Waals surface area contributed by atoms with E-state index in [0.29, 0.717) is 17.7 Å². The first-order chi connectivity index (χ1) is 13.5. The predicted octanol–water partition coefficient (Wildman–Crippen LogP) is 4.49. The van der Waals surface area contributed by atoms with Crippen molar-refractivity contribution >= 4 is 39.3 Å². The van der Waals surface area contributed by atoms with Crippen molar-refractivity contribution < 1.29 is 14.4 Å². The Balaban J connectivity index is 1.49. The third kappa shape index (κ3) is 3.61. The Morgan fingerprint density at radius 2 is 1.68 bits per heavy atom. The lowest BCUT2D eigenvalue weighted by Gasteiger charge is -2.32. The number of benzene rings is 2. The summed E-state index contributed by atoms with van der Waals surface area (Å²) < 4.78 is 0.900. The highest BCUT2D eigenvalue weighted by atomic mass is 79.9. The molecule has 1 aliphatic carbocycles. The van der Waals surface area contributed by atoms with Crippen molar-refractivity contribution in [2.24, 2.45) is 11.8 Å². The molecule has 2 unspecified atom stereocenters. The van der Waals surface area contributed by atoms with Crippen molar-refractivity contribution in [3.63, 3.8) is 0 Å². The van der Waals surface area contributed by atoms with E-state index in [1.807, 2.05) is 24.3 Å². The van der Waals surface area contributed by atoms with Gasteiger partial charge in [-0.1, -0.05) is 47.0 Å². The maximum atomic E-state index is 12.9. The second kappa shape index (κ2) is 7.87. The number of rotatable bonds is 4. The molecule has 5 nitrogen and oxygen atoms in total. The molecule has 0 saturated heterocycles. The Labute approximate surface area is 172 Å². The highest BCUT2D eigenvalue weighted by Crippen LogP contribution is 2.34. The Hall–Kier alpha value is -2.47. The van der Waals surface area contributed by atoms with Gasteiger partial charge >= 0.3 is 0 Å². The second-order valence-electron chi connectivity index (χ2n) is 7.42. The molecule has 4 rings (SSSR count). The quantitative estimate of drug-likeness (QED) is 0.712. The van der Waals surface area contributed by atoms with Crippen LogP contribution in [0.15, 0.2) is 53.0 Å². The number of hydrogen-bond acceptors (Lipinski definition) is 3. The van der Waals surface area contributed by atoms with E-state index in [1.54, 1.807) is 24.3 Å². The minimum absolute atomic E-state index is 0.0249. The molecule has 2 atom stereocenters. The van der Waals surface area contributed by atoms with Gasteiger partial charge in [0.25, 0.3) is 11.8 Å². The van der Waals surface area contributed by atoms with Gasteiger partial charge in [0.1, 0.15) is 0 Å². The Bertz CT molecular complexity index is 908. The largest absolute Gasteiger partial charge is 0.326 e. The van der Waals surface area contributed by atoms with Crippen molar-refractivity contribution in [3.8, 4) is 0 Å². The summed E-state index contributed by atoms with van der Waals surface area (Å²) in [5.41, 5.74) is 1.65. The lowest BCUT2D eigenvalue weighted by Crippen LogP contribution is -2.41. The predicted molar refractivity (Wildman–Crippen MR) is 110 cm³/mol. The molecular formula is C22H21BrN2O3. The zero-order valence-corrected chi connectivity index (χ0v) is 16.9. The van der Waals surface area contributed by atoms with Crippen molar-refractivity contribution in [1.82, 2.24) is 4.90 Å². The monoisotopic (exact) mass is 440 g/mol. The molecule has 0 spiro atoms.